The van der Waals surface area contributed by atoms with E-state index in [0.29, 0.717) is 18.1 Å². The number of anilines is 1. The molecule has 0 amide bonds. The van der Waals surface area contributed by atoms with E-state index < -0.39 is 16.4 Å². The predicted molar refractivity (Wildman–Crippen MR) is 117 cm³/mol. The lowest BCUT2D eigenvalue weighted by molar-refractivity contribution is 0.185. The third-order valence-corrected chi connectivity index (χ3v) is 5.80. The molecule has 0 bridgehead atoms. The topological polar surface area (TPSA) is 103 Å². The molecule has 12 heteroatoms. The second-order valence-corrected chi connectivity index (χ2v) is 9.11. The fraction of sp³-hybridized carbons (Fsp3) is 0.474. The van der Waals surface area contributed by atoms with Gasteiger partial charge in [0.25, 0.3) is 6.43 Å². The first-order chi connectivity index (χ1) is 14.7. The van der Waals surface area contributed by atoms with Gasteiger partial charge in [0.15, 0.2) is 5.82 Å². The summed E-state index contributed by atoms with van der Waals surface area (Å²) in [4.78, 5) is 20.0. The normalized spacial score (nSPS) is 22.6. The molecular weight excluding hydrogens is 428 g/mol. The summed E-state index contributed by atoms with van der Waals surface area (Å²) >= 11 is 0. The summed E-state index contributed by atoms with van der Waals surface area (Å²) in [5, 5.41) is 0. The Labute approximate surface area is 180 Å². The summed E-state index contributed by atoms with van der Waals surface area (Å²) in [5.74, 6) is 0.895. The highest BCUT2D eigenvalue weighted by molar-refractivity contribution is 7.88. The molecule has 0 spiro atoms. The minimum absolute atomic E-state index is 0.136. The summed E-state index contributed by atoms with van der Waals surface area (Å²) in [6.07, 6.45) is 5.56. The van der Waals surface area contributed by atoms with Crippen molar-refractivity contribution in [3.8, 4) is 0 Å². The lowest BCUT2D eigenvalue weighted by Crippen LogP contribution is -2.54. The lowest BCUT2D eigenvalue weighted by Gasteiger charge is -2.40. The van der Waals surface area contributed by atoms with E-state index in [0.717, 1.165) is 19.1 Å². The van der Waals surface area contributed by atoms with Crippen molar-refractivity contribution in [1.29, 1.82) is 0 Å². The monoisotopic (exact) mass is 453 g/mol. The van der Waals surface area contributed by atoms with Gasteiger partial charge in [0.1, 0.15) is 17.2 Å². The molecule has 2 unspecified atom stereocenters. The van der Waals surface area contributed by atoms with Crippen LogP contribution in [0.4, 0.5) is 14.6 Å². The van der Waals surface area contributed by atoms with Crippen molar-refractivity contribution in [2.75, 3.05) is 24.2 Å². The van der Waals surface area contributed by atoms with Gasteiger partial charge in [0.2, 0.25) is 10.0 Å². The summed E-state index contributed by atoms with van der Waals surface area (Å²) in [6, 6.07) is 1.35. The standard InChI is InChI=1S/C19H25F2N7O2S/c1-13-14(26-31(3,29)30)5-4-9-28(13)17-6-7-24-19(25-17)16(11-22-2)27-10-8-23-15(12-27)18(20)21/h6-8,11-14,18,26H,2,4-5,9-10H2,1,3H3/b16-11-. The van der Waals surface area contributed by atoms with Crippen LogP contribution in [0.15, 0.2) is 40.3 Å². The molecule has 0 saturated carbocycles. The number of nitrogens with zero attached hydrogens (tertiary/aromatic N) is 6. The Hall–Kier alpha value is -2.73. The molecule has 1 saturated heterocycles. The number of nitrogens with one attached hydrogen (secondary N) is 1. The van der Waals surface area contributed by atoms with Crippen LogP contribution in [-0.4, -0.2) is 74.1 Å². The van der Waals surface area contributed by atoms with Gasteiger partial charge >= 0.3 is 0 Å². The Bertz CT molecular complexity index is 1010. The highest BCUT2D eigenvalue weighted by Gasteiger charge is 2.31. The lowest BCUT2D eigenvalue weighted by atomic mass is 9.98. The van der Waals surface area contributed by atoms with E-state index in [1.807, 2.05) is 11.8 Å². The fourth-order valence-corrected chi connectivity index (χ4v) is 4.50. The highest BCUT2D eigenvalue weighted by atomic mass is 32.2. The van der Waals surface area contributed by atoms with Crippen molar-refractivity contribution < 1.29 is 17.2 Å². The third-order valence-electron chi connectivity index (χ3n) is 5.07. The summed E-state index contributed by atoms with van der Waals surface area (Å²) in [7, 11) is -3.34. The quantitative estimate of drug-likeness (QED) is 0.633. The van der Waals surface area contributed by atoms with Gasteiger partial charge in [0.05, 0.1) is 19.0 Å². The average Bonchev–Trinajstić information content (AvgIpc) is 2.73. The van der Waals surface area contributed by atoms with Crippen molar-refractivity contribution in [2.24, 2.45) is 9.98 Å². The Morgan fingerprint density at radius 2 is 2.23 bits per heavy atom. The van der Waals surface area contributed by atoms with Crippen molar-refractivity contribution in [3.05, 3.63) is 36.2 Å². The molecule has 1 fully saturated rings. The zero-order valence-electron chi connectivity index (χ0n) is 17.3. The molecule has 9 nitrogen and oxygen atoms in total. The molecule has 0 aliphatic carbocycles. The number of halogens is 2. The Morgan fingerprint density at radius 1 is 1.45 bits per heavy atom. The van der Waals surface area contributed by atoms with E-state index in [2.05, 4.69) is 31.4 Å². The van der Waals surface area contributed by atoms with E-state index in [1.165, 1.54) is 23.5 Å². The zero-order chi connectivity index (χ0) is 22.6. The second-order valence-electron chi connectivity index (χ2n) is 7.33. The van der Waals surface area contributed by atoms with Gasteiger partial charge in [-0.15, -0.1) is 0 Å². The maximum Gasteiger partial charge on any atom is 0.281 e. The number of allylic oxidation sites excluding steroid dienone is 1. The van der Waals surface area contributed by atoms with E-state index in [1.54, 1.807) is 12.3 Å². The Kier molecular flexibility index (Phi) is 7.11. The van der Waals surface area contributed by atoms with Crippen LogP contribution >= 0.6 is 0 Å². The summed E-state index contributed by atoms with van der Waals surface area (Å²) in [5.41, 5.74) is 0.0355. The second kappa shape index (κ2) is 9.60. The van der Waals surface area contributed by atoms with Gasteiger partial charge in [-0.3, -0.25) is 9.98 Å². The van der Waals surface area contributed by atoms with Crippen molar-refractivity contribution in [2.45, 2.75) is 38.3 Å². The molecule has 0 radical (unpaired) electrons. The Balaban J connectivity index is 1.90. The van der Waals surface area contributed by atoms with Crippen LogP contribution in [0.1, 0.15) is 25.6 Å². The largest absolute Gasteiger partial charge is 0.352 e. The number of piperidine rings is 1. The summed E-state index contributed by atoms with van der Waals surface area (Å²) < 4.78 is 52.3. The van der Waals surface area contributed by atoms with Crippen LogP contribution in [-0.2, 0) is 10.0 Å². The van der Waals surface area contributed by atoms with Crippen LogP contribution in [0.5, 0.6) is 0 Å². The Morgan fingerprint density at radius 3 is 2.90 bits per heavy atom. The number of aromatic nitrogens is 2. The van der Waals surface area contributed by atoms with Crippen molar-refractivity contribution in [3.63, 3.8) is 0 Å². The van der Waals surface area contributed by atoms with Gasteiger partial charge in [-0.2, -0.15) is 0 Å². The minimum Gasteiger partial charge on any atom is -0.352 e. The SMILES string of the molecule is C=N/C=C(/c1nccc(N2CCCC(NS(C)(=O)=O)C2C)n1)N1C=C(C(F)F)N=CC1. The molecular formula is C19H25F2N7O2S. The van der Waals surface area contributed by atoms with Gasteiger partial charge in [-0.25, -0.2) is 31.9 Å². The smallest absolute Gasteiger partial charge is 0.281 e. The van der Waals surface area contributed by atoms with Crippen LogP contribution in [0.2, 0.25) is 0 Å². The molecule has 2 aliphatic rings. The van der Waals surface area contributed by atoms with Crippen LogP contribution in [0.25, 0.3) is 5.70 Å². The van der Waals surface area contributed by atoms with Crippen LogP contribution in [0, 0.1) is 0 Å². The molecule has 1 aromatic heterocycles. The van der Waals surface area contributed by atoms with E-state index in [-0.39, 0.29) is 30.1 Å². The number of sulfonamides is 1. The van der Waals surface area contributed by atoms with Crippen molar-refractivity contribution in [1.82, 2.24) is 19.6 Å². The fourth-order valence-electron chi connectivity index (χ4n) is 3.64. The molecule has 2 atom stereocenters. The first kappa shape index (κ1) is 22.9. The van der Waals surface area contributed by atoms with Crippen LogP contribution < -0.4 is 9.62 Å². The van der Waals surface area contributed by atoms with Gasteiger partial charge < -0.3 is 9.80 Å². The highest BCUT2D eigenvalue weighted by Crippen LogP contribution is 2.27. The maximum atomic E-state index is 13.1. The first-order valence-electron chi connectivity index (χ1n) is 9.72. The van der Waals surface area contributed by atoms with E-state index >= 15 is 0 Å². The number of rotatable bonds is 7. The molecule has 1 N–H and O–H groups in total. The number of aliphatic imine (C=N–C) groups is 2. The number of hydrogen-bond donors (Lipinski definition) is 1. The molecule has 168 valence electrons. The molecule has 31 heavy (non-hydrogen) atoms. The van der Waals surface area contributed by atoms with Crippen molar-refractivity contribution >= 4 is 34.5 Å². The number of alkyl halides is 2. The van der Waals surface area contributed by atoms with E-state index in [4.69, 9.17) is 0 Å². The molecule has 2 aliphatic heterocycles. The molecule has 3 heterocycles. The van der Waals surface area contributed by atoms with Crippen LogP contribution in [0.3, 0.4) is 0 Å². The van der Waals surface area contributed by atoms with Gasteiger partial charge in [0, 0.05) is 37.2 Å². The molecule has 0 aromatic carbocycles. The van der Waals surface area contributed by atoms with Gasteiger partial charge in [-0.05, 0) is 32.5 Å². The summed E-state index contributed by atoms with van der Waals surface area (Å²) in [6.45, 7) is 6.35. The first-order valence-corrected chi connectivity index (χ1v) is 11.6. The predicted octanol–water partition coefficient (Wildman–Crippen LogP) is 1.87. The average molecular weight is 454 g/mol. The molecule has 3 rings (SSSR count). The number of hydrogen-bond acceptors (Lipinski definition) is 8. The zero-order valence-corrected chi connectivity index (χ0v) is 18.1. The molecule has 1 aromatic rings. The van der Waals surface area contributed by atoms with E-state index in [9.17, 15) is 17.2 Å². The third kappa shape index (κ3) is 5.70. The minimum atomic E-state index is -3.34. The maximum absolute atomic E-state index is 13.1. The van der Waals surface area contributed by atoms with Gasteiger partial charge in [-0.1, -0.05) is 0 Å².